The van der Waals surface area contributed by atoms with Crippen LogP contribution in [0.4, 0.5) is 11.4 Å². The van der Waals surface area contributed by atoms with E-state index in [-0.39, 0.29) is 23.7 Å². The summed E-state index contributed by atoms with van der Waals surface area (Å²) >= 11 is 0. The van der Waals surface area contributed by atoms with Gasteiger partial charge < -0.3 is 5.73 Å². The molecular formula is C17H22N2O2. The third kappa shape index (κ3) is 2.13. The van der Waals surface area contributed by atoms with Crippen molar-refractivity contribution in [2.75, 3.05) is 10.6 Å². The molecule has 112 valence electrons. The minimum absolute atomic E-state index is 0.0374. The van der Waals surface area contributed by atoms with Gasteiger partial charge in [0.05, 0.1) is 17.5 Å². The van der Waals surface area contributed by atoms with Crippen LogP contribution in [0, 0.1) is 17.8 Å². The molecule has 4 nitrogen and oxygen atoms in total. The van der Waals surface area contributed by atoms with Crippen LogP contribution in [0.1, 0.15) is 38.7 Å². The van der Waals surface area contributed by atoms with Gasteiger partial charge in [-0.25, -0.2) is 4.90 Å². The van der Waals surface area contributed by atoms with Crippen LogP contribution in [0.2, 0.25) is 0 Å². The molecule has 3 rings (SSSR count). The number of carbonyl (C=O) groups excluding carboxylic acids is 2. The highest BCUT2D eigenvalue weighted by Crippen LogP contribution is 2.45. The van der Waals surface area contributed by atoms with Crippen molar-refractivity contribution in [3.8, 4) is 0 Å². The summed E-state index contributed by atoms with van der Waals surface area (Å²) in [5.74, 6) is 0.209. The lowest BCUT2D eigenvalue weighted by Crippen LogP contribution is -2.32. The lowest BCUT2D eigenvalue weighted by Gasteiger charge is -2.18. The first-order valence-electron chi connectivity index (χ1n) is 7.83. The zero-order valence-electron chi connectivity index (χ0n) is 12.6. The predicted molar refractivity (Wildman–Crippen MR) is 82.7 cm³/mol. The molecule has 21 heavy (non-hydrogen) atoms. The average molecular weight is 286 g/mol. The lowest BCUT2D eigenvalue weighted by atomic mass is 10.00. The molecule has 0 spiro atoms. The first-order chi connectivity index (χ1) is 10.1. The summed E-state index contributed by atoms with van der Waals surface area (Å²) in [6.07, 6.45) is 3.60. The fourth-order valence-corrected chi connectivity index (χ4v) is 3.76. The Morgan fingerprint density at radius 2 is 1.76 bits per heavy atom. The second-order valence-electron chi connectivity index (χ2n) is 6.21. The van der Waals surface area contributed by atoms with Gasteiger partial charge >= 0.3 is 0 Å². The number of anilines is 2. The van der Waals surface area contributed by atoms with E-state index in [2.05, 4.69) is 6.92 Å². The number of nitrogen functional groups attached to an aromatic ring is 1. The predicted octanol–water partition coefficient (Wildman–Crippen LogP) is 2.76. The molecule has 0 aromatic heterocycles. The molecule has 2 atom stereocenters. The second kappa shape index (κ2) is 5.17. The second-order valence-corrected chi connectivity index (χ2v) is 6.21. The Hall–Kier alpha value is -1.84. The van der Waals surface area contributed by atoms with Crippen LogP contribution in [0.25, 0.3) is 0 Å². The maximum atomic E-state index is 12.6. The Kier molecular flexibility index (Phi) is 3.47. The zero-order valence-corrected chi connectivity index (χ0v) is 12.6. The topological polar surface area (TPSA) is 63.4 Å². The van der Waals surface area contributed by atoms with E-state index in [1.165, 1.54) is 4.90 Å². The molecule has 1 saturated heterocycles. The van der Waals surface area contributed by atoms with Crippen LogP contribution in [0.15, 0.2) is 18.2 Å². The molecular weight excluding hydrogens is 264 g/mol. The summed E-state index contributed by atoms with van der Waals surface area (Å²) < 4.78 is 0. The number of hydrogen-bond acceptors (Lipinski definition) is 3. The molecule has 2 aliphatic rings. The average Bonchev–Trinajstić information content (AvgIpc) is 2.99. The minimum Gasteiger partial charge on any atom is -0.398 e. The molecule has 0 radical (unpaired) electrons. The van der Waals surface area contributed by atoms with Crippen molar-refractivity contribution in [3.63, 3.8) is 0 Å². The van der Waals surface area contributed by atoms with Crippen LogP contribution < -0.4 is 10.6 Å². The van der Waals surface area contributed by atoms with Gasteiger partial charge in [-0.1, -0.05) is 26.3 Å². The number of imide groups is 1. The van der Waals surface area contributed by atoms with E-state index in [0.29, 0.717) is 17.3 Å². The van der Waals surface area contributed by atoms with Crippen molar-refractivity contribution in [3.05, 3.63) is 23.8 Å². The van der Waals surface area contributed by atoms with Crippen LogP contribution in [0.5, 0.6) is 0 Å². The van der Waals surface area contributed by atoms with Gasteiger partial charge in [-0.15, -0.1) is 0 Å². The normalized spacial score (nSPS) is 28.3. The molecule has 1 aromatic rings. The molecule has 1 aromatic carbocycles. The maximum absolute atomic E-state index is 12.6. The van der Waals surface area contributed by atoms with Crippen molar-refractivity contribution < 1.29 is 9.59 Å². The van der Waals surface area contributed by atoms with Crippen molar-refractivity contribution >= 4 is 23.2 Å². The van der Waals surface area contributed by atoms with Crippen molar-refractivity contribution in [1.29, 1.82) is 0 Å². The third-order valence-corrected chi connectivity index (χ3v) is 5.08. The molecule has 2 unspecified atom stereocenters. The highest BCUT2D eigenvalue weighted by atomic mass is 16.2. The monoisotopic (exact) mass is 286 g/mol. The van der Waals surface area contributed by atoms with Gasteiger partial charge in [0.25, 0.3) is 0 Å². The van der Waals surface area contributed by atoms with Gasteiger partial charge in [-0.05, 0) is 42.9 Å². The molecule has 1 aliphatic carbocycles. The lowest BCUT2D eigenvalue weighted by molar-refractivity contribution is -0.123. The number of fused-ring (bicyclic) bond motifs is 1. The van der Waals surface area contributed by atoms with E-state index in [1.807, 2.05) is 19.1 Å². The number of rotatable bonds is 3. The van der Waals surface area contributed by atoms with Crippen LogP contribution >= 0.6 is 0 Å². The smallest absolute Gasteiger partial charge is 0.237 e. The van der Waals surface area contributed by atoms with Crippen molar-refractivity contribution in [2.45, 2.75) is 39.5 Å². The fourth-order valence-electron chi connectivity index (χ4n) is 3.76. The summed E-state index contributed by atoms with van der Waals surface area (Å²) in [5, 5.41) is 0. The number of carbonyl (C=O) groups is 2. The van der Waals surface area contributed by atoms with Crippen LogP contribution in [-0.2, 0) is 16.0 Å². The molecule has 2 fully saturated rings. The van der Waals surface area contributed by atoms with E-state index in [9.17, 15) is 9.59 Å². The summed E-state index contributed by atoms with van der Waals surface area (Å²) in [7, 11) is 0. The molecule has 1 saturated carbocycles. The molecule has 1 heterocycles. The first kappa shape index (κ1) is 14.1. The molecule has 2 N–H and O–H groups in total. The van der Waals surface area contributed by atoms with Crippen LogP contribution in [0.3, 0.4) is 0 Å². The van der Waals surface area contributed by atoms with E-state index in [0.717, 1.165) is 31.2 Å². The quantitative estimate of drug-likeness (QED) is 0.686. The number of nitrogens with zero attached hydrogens (tertiary/aromatic N) is 1. The van der Waals surface area contributed by atoms with Crippen LogP contribution in [-0.4, -0.2) is 11.8 Å². The highest BCUT2D eigenvalue weighted by molar-refractivity contribution is 6.22. The molecule has 1 aliphatic heterocycles. The number of aryl methyl sites for hydroxylation is 1. The molecule has 2 amide bonds. The fraction of sp³-hybridized carbons (Fsp3) is 0.529. The van der Waals surface area contributed by atoms with Gasteiger partial charge in [0.1, 0.15) is 0 Å². The van der Waals surface area contributed by atoms with E-state index in [4.69, 9.17) is 5.73 Å². The summed E-state index contributed by atoms with van der Waals surface area (Å²) in [5.41, 5.74) is 8.32. The highest BCUT2D eigenvalue weighted by Gasteiger charge is 2.52. The molecule has 4 heteroatoms. The largest absolute Gasteiger partial charge is 0.398 e. The van der Waals surface area contributed by atoms with E-state index < -0.39 is 0 Å². The Labute approximate surface area is 125 Å². The third-order valence-electron chi connectivity index (χ3n) is 5.08. The van der Waals surface area contributed by atoms with Gasteiger partial charge in [0.2, 0.25) is 11.8 Å². The SMILES string of the molecule is CCc1ccc(N2C(=O)C3CC(CC)CC3C2=O)cc1N. The Morgan fingerprint density at radius 3 is 2.24 bits per heavy atom. The summed E-state index contributed by atoms with van der Waals surface area (Å²) in [6.45, 7) is 4.16. The van der Waals surface area contributed by atoms with Gasteiger partial charge in [0.15, 0.2) is 0 Å². The minimum atomic E-state index is -0.116. The van der Waals surface area contributed by atoms with E-state index in [1.54, 1.807) is 6.07 Å². The number of nitrogens with two attached hydrogens (primary N) is 1. The summed E-state index contributed by atoms with van der Waals surface area (Å²) in [4.78, 5) is 26.5. The summed E-state index contributed by atoms with van der Waals surface area (Å²) in [6, 6.07) is 5.50. The standard InChI is InChI=1S/C17H22N2O2/c1-3-10-7-13-14(8-10)17(21)19(16(13)20)12-6-5-11(4-2)15(18)9-12/h5-6,9-10,13-14H,3-4,7-8,18H2,1-2H3. The zero-order chi connectivity index (χ0) is 15.1. The van der Waals surface area contributed by atoms with Gasteiger partial charge in [-0.2, -0.15) is 0 Å². The number of hydrogen-bond donors (Lipinski definition) is 1. The van der Waals surface area contributed by atoms with Gasteiger partial charge in [-0.3, -0.25) is 9.59 Å². The van der Waals surface area contributed by atoms with Crippen molar-refractivity contribution in [2.24, 2.45) is 17.8 Å². The maximum Gasteiger partial charge on any atom is 0.237 e. The van der Waals surface area contributed by atoms with Crippen molar-refractivity contribution in [1.82, 2.24) is 0 Å². The first-order valence-corrected chi connectivity index (χ1v) is 7.83. The molecule has 0 bridgehead atoms. The van der Waals surface area contributed by atoms with Gasteiger partial charge in [0, 0.05) is 5.69 Å². The Bertz CT molecular complexity index is 572. The Morgan fingerprint density at radius 1 is 1.14 bits per heavy atom. The number of benzene rings is 1. The van der Waals surface area contributed by atoms with E-state index >= 15 is 0 Å². The Balaban J connectivity index is 1.89. The number of amides is 2.